The van der Waals surface area contributed by atoms with Gasteiger partial charge < -0.3 is 10.1 Å². The van der Waals surface area contributed by atoms with Crippen LogP contribution in [-0.4, -0.2) is 31.8 Å². The second kappa shape index (κ2) is 2.77. The molecule has 0 saturated heterocycles. The first-order valence-corrected chi connectivity index (χ1v) is 3.94. The molecule has 1 aromatic heterocycles. The molecule has 1 aliphatic rings. The highest BCUT2D eigenvalue weighted by molar-refractivity contribution is 7.80. The van der Waals surface area contributed by atoms with Crippen LogP contribution in [0.5, 0.6) is 5.88 Å². The number of H-pyrrole nitrogens is 2. The van der Waals surface area contributed by atoms with Crippen molar-refractivity contribution in [2.75, 3.05) is 0 Å². The minimum atomic E-state index is -0.620. The maximum atomic E-state index is 11.2. The lowest BCUT2D eigenvalue weighted by atomic mass is 10.3. The first kappa shape index (κ1) is 8.63. The van der Waals surface area contributed by atoms with Gasteiger partial charge in [-0.1, -0.05) is 0 Å². The molecule has 8 heteroatoms. The van der Waals surface area contributed by atoms with Gasteiger partial charge in [-0.15, -0.1) is 0 Å². The number of carbonyl (C=O) groups is 1. The summed E-state index contributed by atoms with van der Waals surface area (Å²) < 4.78 is 0. The third-order valence-electron chi connectivity index (χ3n) is 1.59. The van der Waals surface area contributed by atoms with Crippen LogP contribution in [0.1, 0.15) is 5.69 Å². The average molecular weight is 212 g/mol. The maximum absolute atomic E-state index is 11.2. The summed E-state index contributed by atoms with van der Waals surface area (Å²) in [5.74, 6) is -0.992. The van der Waals surface area contributed by atoms with Crippen molar-refractivity contribution in [3.05, 3.63) is 16.2 Å². The molecule has 1 aliphatic heterocycles. The second-order valence-corrected chi connectivity index (χ2v) is 2.91. The fourth-order valence-corrected chi connectivity index (χ4v) is 1.24. The van der Waals surface area contributed by atoms with E-state index in [1.54, 1.807) is 0 Å². The zero-order valence-corrected chi connectivity index (χ0v) is 7.44. The van der Waals surface area contributed by atoms with E-state index in [9.17, 15) is 14.7 Å². The first-order valence-electron chi connectivity index (χ1n) is 3.53. The highest BCUT2D eigenvalue weighted by Gasteiger charge is 2.26. The van der Waals surface area contributed by atoms with Crippen LogP contribution in [0, 0.1) is 0 Å². The van der Waals surface area contributed by atoms with Crippen molar-refractivity contribution < 1.29 is 9.90 Å². The molecule has 0 unspecified atom stereocenters. The van der Waals surface area contributed by atoms with Gasteiger partial charge >= 0.3 is 5.69 Å². The third kappa shape index (κ3) is 1.21. The van der Waals surface area contributed by atoms with E-state index in [1.807, 2.05) is 0 Å². The quantitative estimate of drug-likeness (QED) is 0.429. The number of amides is 1. The number of aromatic hydroxyl groups is 1. The van der Waals surface area contributed by atoms with Gasteiger partial charge in [0.2, 0.25) is 11.0 Å². The van der Waals surface area contributed by atoms with Gasteiger partial charge in [-0.05, 0) is 12.2 Å². The lowest BCUT2D eigenvalue weighted by molar-refractivity contribution is -0.113. The summed E-state index contributed by atoms with van der Waals surface area (Å²) in [5, 5.41) is 11.5. The lowest BCUT2D eigenvalue weighted by Gasteiger charge is -1.92. The van der Waals surface area contributed by atoms with E-state index in [0.29, 0.717) is 0 Å². The van der Waals surface area contributed by atoms with Crippen LogP contribution < -0.4 is 11.0 Å². The molecule has 2 heterocycles. The van der Waals surface area contributed by atoms with Crippen LogP contribution in [0.4, 0.5) is 0 Å². The molecule has 1 amide bonds. The molecule has 0 aliphatic carbocycles. The Morgan fingerprint density at radius 2 is 2.00 bits per heavy atom. The van der Waals surface area contributed by atoms with Crippen LogP contribution in [-0.2, 0) is 4.79 Å². The van der Waals surface area contributed by atoms with Crippen molar-refractivity contribution in [1.82, 2.24) is 15.3 Å². The minimum Gasteiger partial charge on any atom is -0.493 e. The summed E-state index contributed by atoms with van der Waals surface area (Å²) >= 11 is 4.62. The molecule has 72 valence electrons. The fourth-order valence-electron chi connectivity index (χ4n) is 1.05. The van der Waals surface area contributed by atoms with Gasteiger partial charge in [0.05, 0.1) is 0 Å². The lowest BCUT2D eigenvalue weighted by Crippen LogP contribution is -2.26. The van der Waals surface area contributed by atoms with Gasteiger partial charge in [-0.2, -0.15) is 0 Å². The maximum Gasteiger partial charge on any atom is 0.326 e. The minimum absolute atomic E-state index is 0.00597. The summed E-state index contributed by atoms with van der Waals surface area (Å²) in [5.41, 5.74) is -0.788. The third-order valence-corrected chi connectivity index (χ3v) is 1.79. The molecule has 0 atom stereocenters. The molecule has 0 radical (unpaired) electrons. The van der Waals surface area contributed by atoms with E-state index in [-0.39, 0.29) is 16.5 Å². The number of hydrogen-bond donors (Lipinski definition) is 4. The summed E-state index contributed by atoms with van der Waals surface area (Å²) in [7, 11) is 0. The molecule has 14 heavy (non-hydrogen) atoms. The predicted octanol–water partition coefficient (Wildman–Crippen LogP) is -1.39. The normalized spacial score (nSPS) is 15.6. The molecular weight excluding hydrogens is 208 g/mol. The smallest absolute Gasteiger partial charge is 0.326 e. The van der Waals surface area contributed by atoms with Gasteiger partial charge in [0, 0.05) is 0 Å². The van der Waals surface area contributed by atoms with Gasteiger partial charge in [0.25, 0.3) is 5.91 Å². The largest absolute Gasteiger partial charge is 0.493 e. The Morgan fingerprint density at radius 1 is 1.29 bits per heavy atom. The number of carbonyl (C=O) groups excluding carboxylic acids is 1. The topological polar surface area (TPSA) is 110 Å². The molecule has 0 aromatic carbocycles. The summed E-state index contributed by atoms with van der Waals surface area (Å²) in [6.07, 6.45) is 0. The number of aromatic amines is 2. The Hall–Kier alpha value is -1.96. The van der Waals surface area contributed by atoms with Gasteiger partial charge in [-0.3, -0.25) is 15.1 Å². The Morgan fingerprint density at radius 3 is 2.43 bits per heavy atom. The molecule has 7 nitrogen and oxygen atoms in total. The molecule has 0 bridgehead atoms. The van der Waals surface area contributed by atoms with Crippen LogP contribution in [0.3, 0.4) is 0 Å². The van der Waals surface area contributed by atoms with E-state index in [0.717, 1.165) is 0 Å². The Balaban J connectivity index is 2.55. The van der Waals surface area contributed by atoms with Gasteiger partial charge in [-0.25, -0.2) is 9.79 Å². The average Bonchev–Trinajstić information content (AvgIpc) is 2.55. The first-order chi connectivity index (χ1) is 6.58. The molecule has 0 fully saturated rings. The second-order valence-electron chi connectivity index (χ2n) is 2.52. The van der Waals surface area contributed by atoms with Gasteiger partial charge in [0.1, 0.15) is 5.69 Å². The SMILES string of the molecule is O=C1NC(=S)N=C1c1[nH]c(=O)[nH]c1O. The van der Waals surface area contributed by atoms with E-state index >= 15 is 0 Å². The molecule has 2 rings (SSSR count). The Bertz CT molecular complexity index is 511. The predicted molar refractivity (Wildman–Crippen MR) is 50.4 cm³/mol. The fraction of sp³-hybridized carbons (Fsp3) is 0. The van der Waals surface area contributed by atoms with Crippen molar-refractivity contribution in [3.8, 4) is 5.88 Å². The number of imidazole rings is 1. The monoisotopic (exact) mass is 212 g/mol. The Labute approximate surface area is 81.9 Å². The molecule has 4 N–H and O–H groups in total. The van der Waals surface area contributed by atoms with Crippen LogP contribution in [0.2, 0.25) is 0 Å². The standard InChI is InChI=1S/C6H4N4O3S/c11-3-1(7-5(13)9-3)2-4(12)10-6(14)8-2/h11H,(H2,7,9,13)(H,10,12,14). The number of aromatic nitrogens is 2. The highest BCUT2D eigenvalue weighted by atomic mass is 32.1. The van der Waals surface area contributed by atoms with E-state index < -0.39 is 17.5 Å². The van der Waals surface area contributed by atoms with Crippen molar-refractivity contribution in [3.63, 3.8) is 0 Å². The summed E-state index contributed by atoms with van der Waals surface area (Å²) in [6.45, 7) is 0. The zero-order valence-electron chi connectivity index (χ0n) is 6.62. The van der Waals surface area contributed by atoms with E-state index in [1.165, 1.54) is 0 Å². The van der Waals surface area contributed by atoms with Crippen molar-refractivity contribution in [1.29, 1.82) is 0 Å². The number of rotatable bonds is 1. The van der Waals surface area contributed by atoms with Crippen LogP contribution >= 0.6 is 12.2 Å². The Kier molecular flexibility index (Phi) is 1.71. The number of aliphatic imine (C=N–C) groups is 1. The van der Waals surface area contributed by atoms with Gasteiger partial charge in [0.15, 0.2) is 5.71 Å². The van der Waals surface area contributed by atoms with E-state index in [2.05, 4.69) is 32.5 Å². The van der Waals surface area contributed by atoms with Crippen molar-refractivity contribution >= 4 is 28.9 Å². The summed E-state index contributed by atoms with van der Waals surface area (Å²) in [6, 6.07) is 0. The van der Waals surface area contributed by atoms with Crippen LogP contribution in [0.15, 0.2) is 9.79 Å². The summed E-state index contributed by atoms with van der Waals surface area (Å²) in [4.78, 5) is 29.9. The van der Waals surface area contributed by atoms with E-state index in [4.69, 9.17) is 0 Å². The number of thiocarbonyl (C=S) groups is 1. The zero-order chi connectivity index (χ0) is 10.3. The van der Waals surface area contributed by atoms with Crippen LogP contribution in [0.25, 0.3) is 0 Å². The molecular formula is C6H4N4O3S. The molecule has 1 aromatic rings. The number of hydrogen-bond acceptors (Lipinski definition) is 4. The molecule has 0 saturated carbocycles. The van der Waals surface area contributed by atoms with Crippen molar-refractivity contribution in [2.45, 2.75) is 0 Å². The van der Waals surface area contributed by atoms with Crippen molar-refractivity contribution in [2.24, 2.45) is 4.99 Å². The molecule has 0 spiro atoms. The number of nitrogens with one attached hydrogen (secondary N) is 3. The number of nitrogens with zero attached hydrogens (tertiary/aromatic N) is 1. The highest BCUT2D eigenvalue weighted by Crippen LogP contribution is 2.11.